The number of fused-ring (bicyclic) bond motifs is 1. The molecule has 3 amide bonds. The van der Waals surface area contributed by atoms with E-state index in [4.69, 9.17) is 4.74 Å². The first-order valence-corrected chi connectivity index (χ1v) is 15.6. The highest BCUT2D eigenvalue weighted by Crippen LogP contribution is 2.31. The molecular formula is C31H35F3N4O6S. The zero-order chi connectivity index (χ0) is 32.9. The molecule has 0 aliphatic carbocycles. The molecule has 1 aliphatic heterocycles. The molecule has 0 radical (unpaired) electrons. The summed E-state index contributed by atoms with van der Waals surface area (Å²) in [5.41, 5.74) is -0.0161. The van der Waals surface area contributed by atoms with Crippen molar-refractivity contribution < 1.29 is 41.0 Å². The number of carbonyl (C=O) groups is 2. The molecule has 0 bridgehead atoms. The lowest BCUT2D eigenvalue weighted by atomic mass is 10.0. The van der Waals surface area contributed by atoms with Gasteiger partial charge in [-0.1, -0.05) is 25.1 Å². The minimum atomic E-state index is -4.51. The molecule has 242 valence electrons. The molecular weight excluding hydrogens is 613 g/mol. The first-order chi connectivity index (χ1) is 21.2. The molecule has 0 saturated carbocycles. The highest BCUT2D eigenvalue weighted by atomic mass is 32.2. The topological polar surface area (TPSA) is 128 Å². The van der Waals surface area contributed by atoms with Crippen LogP contribution in [-0.2, 0) is 27.4 Å². The fourth-order valence-corrected chi connectivity index (χ4v) is 6.09. The lowest BCUT2D eigenvalue weighted by Gasteiger charge is -2.33. The second-order valence-corrected chi connectivity index (χ2v) is 13.0. The summed E-state index contributed by atoms with van der Waals surface area (Å²) in [5.74, 6) is -0.335. The van der Waals surface area contributed by atoms with E-state index < -0.39 is 39.9 Å². The Kier molecular flexibility index (Phi) is 10.4. The van der Waals surface area contributed by atoms with Crippen molar-refractivity contribution in [2.75, 3.05) is 37.4 Å². The number of alkyl halides is 3. The number of amides is 3. The van der Waals surface area contributed by atoms with Gasteiger partial charge in [0.25, 0.3) is 0 Å². The lowest BCUT2D eigenvalue weighted by Crippen LogP contribution is -2.48. The van der Waals surface area contributed by atoms with Crippen molar-refractivity contribution in [2.45, 2.75) is 43.5 Å². The molecule has 3 aromatic rings. The largest absolute Gasteiger partial charge is 0.488 e. The summed E-state index contributed by atoms with van der Waals surface area (Å²) in [5, 5.41) is 14.9. The number of likely N-dealkylation sites (N-methyl/N-ethyl adjacent to an activating group) is 1. The van der Waals surface area contributed by atoms with Crippen LogP contribution in [0.4, 0.5) is 29.3 Å². The normalized spacial score (nSPS) is 18.2. The minimum Gasteiger partial charge on any atom is -0.488 e. The molecule has 3 atom stereocenters. The summed E-state index contributed by atoms with van der Waals surface area (Å²) in [7, 11) is -2.40. The second kappa shape index (κ2) is 13.9. The second-order valence-electron chi connectivity index (χ2n) is 11.0. The smallest absolute Gasteiger partial charge is 0.416 e. The Bertz CT molecular complexity index is 1600. The number of rotatable bonds is 8. The number of nitrogens with one attached hydrogen (secondary N) is 2. The number of aliphatic hydroxyl groups is 1. The quantitative estimate of drug-likeness (QED) is 0.322. The summed E-state index contributed by atoms with van der Waals surface area (Å²) < 4.78 is 72.7. The minimum absolute atomic E-state index is 0.0388. The van der Waals surface area contributed by atoms with Crippen molar-refractivity contribution in [3.8, 4) is 5.75 Å². The molecule has 1 aliphatic rings. The van der Waals surface area contributed by atoms with Gasteiger partial charge in [0, 0.05) is 36.4 Å². The molecule has 4 rings (SSSR count). The third kappa shape index (κ3) is 8.32. The Morgan fingerprint density at radius 2 is 1.69 bits per heavy atom. The predicted molar refractivity (Wildman–Crippen MR) is 162 cm³/mol. The van der Waals surface area contributed by atoms with Crippen LogP contribution in [0.3, 0.4) is 0 Å². The Labute approximate surface area is 259 Å². The molecule has 3 N–H and O–H groups in total. The number of halogens is 3. The first-order valence-electron chi connectivity index (χ1n) is 14.2. The molecule has 14 heteroatoms. The van der Waals surface area contributed by atoms with E-state index in [1.165, 1.54) is 34.5 Å². The van der Waals surface area contributed by atoms with E-state index in [0.29, 0.717) is 11.3 Å². The van der Waals surface area contributed by atoms with Gasteiger partial charge in [-0.05, 0) is 61.5 Å². The maximum absolute atomic E-state index is 13.4. The number of ether oxygens (including phenoxy) is 1. The first kappa shape index (κ1) is 33.7. The third-order valence-electron chi connectivity index (χ3n) is 7.53. The van der Waals surface area contributed by atoms with Crippen LogP contribution in [0.25, 0.3) is 0 Å². The van der Waals surface area contributed by atoms with E-state index >= 15 is 0 Å². The molecule has 3 aromatic carbocycles. The van der Waals surface area contributed by atoms with Crippen LogP contribution in [0.1, 0.15) is 25.0 Å². The highest BCUT2D eigenvalue weighted by Gasteiger charge is 2.34. The number of carbonyl (C=O) groups excluding carboxylic acids is 2. The van der Waals surface area contributed by atoms with E-state index in [9.17, 15) is 36.3 Å². The van der Waals surface area contributed by atoms with Crippen LogP contribution in [0.5, 0.6) is 5.75 Å². The summed E-state index contributed by atoms with van der Waals surface area (Å²) in [6.07, 6.45) is -5.34. The van der Waals surface area contributed by atoms with Gasteiger partial charge in [-0.25, -0.2) is 13.2 Å². The van der Waals surface area contributed by atoms with Crippen LogP contribution < -0.4 is 15.4 Å². The molecule has 0 spiro atoms. The van der Waals surface area contributed by atoms with Gasteiger partial charge in [-0.3, -0.25) is 4.79 Å². The van der Waals surface area contributed by atoms with Crippen molar-refractivity contribution in [3.05, 3.63) is 83.9 Å². The van der Waals surface area contributed by atoms with Gasteiger partial charge in [0.1, 0.15) is 11.9 Å². The van der Waals surface area contributed by atoms with E-state index in [2.05, 4.69) is 10.6 Å². The highest BCUT2D eigenvalue weighted by molar-refractivity contribution is 7.89. The number of hydrogen-bond acceptors (Lipinski definition) is 6. The van der Waals surface area contributed by atoms with Crippen molar-refractivity contribution >= 4 is 33.3 Å². The number of sulfonamides is 1. The fraction of sp³-hybridized carbons (Fsp3) is 0.355. The summed E-state index contributed by atoms with van der Waals surface area (Å²) in [6, 6.07) is 15.3. The number of anilines is 2. The summed E-state index contributed by atoms with van der Waals surface area (Å²) in [6.45, 7) is 3.41. The summed E-state index contributed by atoms with van der Waals surface area (Å²) >= 11 is 0. The fourth-order valence-electron chi connectivity index (χ4n) is 4.89. The Balaban J connectivity index is 1.58. The van der Waals surface area contributed by atoms with Crippen LogP contribution in [-0.4, -0.2) is 73.6 Å². The molecule has 45 heavy (non-hydrogen) atoms. The van der Waals surface area contributed by atoms with E-state index in [0.717, 1.165) is 24.3 Å². The van der Waals surface area contributed by atoms with Crippen molar-refractivity contribution in [1.29, 1.82) is 0 Å². The third-order valence-corrected chi connectivity index (χ3v) is 9.37. The summed E-state index contributed by atoms with van der Waals surface area (Å²) in [4.78, 5) is 27.7. The zero-order valence-electron chi connectivity index (χ0n) is 24.9. The van der Waals surface area contributed by atoms with Crippen LogP contribution in [0.2, 0.25) is 0 Å². The maximum Gasteiger partial charge on any atom is 0.416 e. The lowest BCUT2D eigenvalue weighted by molar-refractivity contribution is -0.137. The number of benzene rings is 3. The number of aliphatic hydroxyl groups excluding tert-OH is 1. The average Bonchev–Trinajstić information content (AvgIpc) is 3.04. The monoisotopic (exact) mass is 648 g/mol. The number of nitrogens with zero attached hydrogens (tertiary/aromatic N) is 2. The van der Waals surface area contributed by atoms with Gasteiger partial charge < -0.3 is 25.4 Å². The van der Waals surface area contributed by atoms with Gasteiger partial charge in [0.15, 0.2) is 0 Å². The van der Waals surface area contributed by atoms with Crippen LogP contribution in [0, 0.1) is 5.92 Å². The van der Waals surface area contributed by atoms with Gasteiger partial charge in [-0.15, -0.1) is 0 Å². The van der Waals surface area contributed by atoms with E-state index in [1.54, 1.807) is 37.3 Å². The SMILES string of the molecule is C[C@@H]1CN([C@H](C)CO)C(=O)Cc2cc(NC(=O)Nc3ccc(C(F)(F)F)cc3)ccc2O[C@H]1CN(C)S(=O)(=O)c1ccccc1. The van der Waals surface area contributed by atoms with E-state index in [-0.39, 0.29) is 54.2 Å². The van der Waals surface area contributed by atoms with Crippen molar-refractivity contribution in [1.82, 2.24) is 9.21 Å². The van der Waals surface area contributed by atoms with Gasteiger partial charge in [-0.2, -0.15) is 17.5 Å². The number of urea groups is 1. The van der Waals surface area contributed by atoms with Gasteiger partial charge >= 0.3 is 12.2 Å². The maximum atomic E-state index is 13.4. The van der Waals surface area contributed by atoms with Crippen molar-refractivity contribution in [3.63, 3.8) is 0 Å². The Hall–Kier alpha value is -4.14. The predicted octanol–water partition coefficient (Wildman–Crippen LogP) is 4.82. The number of hydrogen-bond donors (Lipinski definition) is 3. The molecule has 0 fully saturated rings. The van der Waals surface area contributed by atoms with Crippen LogP contribution >= 0.6 is 0 Å². The Morgan fingerprint density at radius 3 is 2.31 bits per heavy atom. The molecule has 1 heterocycles. The van der Waals surface area contributed by atoms with Crippen LogP contribution in [0.15, 0.2) is 77.7 Å². The van der Waals surface area contributed by atoms with E-state index in [1.807, 2.05) is 6.92 Å². The molecule has 0 unspecified atom stereocenters. The Morgan fingerprint density at radius 1 is 1.07 bits per heavy atom. The zero-order valence-corrected chi connectivity index (χ0v) is 25.7. The standard InChI is InChI=1S/C31H35F3N4O6S/c1-20-17-38(21(2)19-39)29(40)16-22-15-25(36-30(41)35-24-11-9-23(10-12-24)31(32,33)34)13-14-27(22)44-28(20)18-37(3)45(42,43)26-7-5-4-6-8-26/h4-15,20-21,28,39H,16-19H2,1-3H3,(H2,35,36,41)/t20-,21-,28+/m1/s1. The van der Waals surface area contributed by atoms with Gasteiger partial charge in [0.2, 0.25) is 15.9 Å². The van der Waals surface area contributed by atoms with Crippen molar-refractivity contribution in [2.24, 2.45) is 5.92 Å². The van der Waals surface area contributed by atoms with Gasteiger partial charge in [0.05, 0.1) is 36.1 Å². The average molecular weight is 649 g/mol. The molecule has 0 aromatic heterocycles. The molecule has 10 nitrogen and oxygen atoms in total. The molecule has 0 saturated heterocycles.